The van der Waals surface area contributed by atoms with Crippen molar-refractivity contribution in [3.05, 3.63) is 47.9 Å². The molecule has 106 valence electrons. The molecule has 0 unspecified atom stereocenters. The molecule has 1 N–H and O–H groups in total. The molecule has 2 rings (SSSR count). The number of benzene rings is 1. The first-order chi connectivity index (χ1) is 9.69. The molecule has 1 aromatic heterocycles. The van der Waals surface area contributed by atoms with E-state index >= 15 is 0 Å². The zero-order chi connectivity index (χ0) is 14.4. The summed E-state index contributed by atoms with van der Waals surface area (Å²) in [5, 5.41) is 3.15. The van der Waals surface area contributed by atoms with Gasteiger partial charge >= 0.3 is 0 Å². The van der Waals surface area contributed by atoms with Crippen molar-refractivity contribution in [2.75, 3.05) is 23.8 Å². The predicted octanol–water partition coefficient (Wildman–Crippen LogP) is 3.07. The summed E-state index contributed by atoms with van der Waals surface area (Å²) in [4.78, 5) is 10.6. The summed E-state index contributed by atoms with van der Waals surface area (Å²) >= 11 is 0. The lowest BCUT2D eigenvalue weighted by molar-refractivity contribution is 0.625. The van der Waals surface area contributed by atoms with Gasteiger partial charge in [0.1, 0.15) is 11.6 Å². The summed E-state index contributed by atoms with van der Waals surface area (Å²) in [6, 6.07) is 8.44. The highest BCUT2D eigenvalue weighted by Gasteiger charge is 2.06. The largest absolute Gasteiger partial charge is 0.355 e. The minimum Gasteiger partial charge on any atom is -0.355 e. The van der Waals surface area contributed by atoms with Crippen LogP contribution in [0.1, 0.15) is 18.9 Å². The van der Waals surface area contributed by atoms with Gasteiger partial charge in [-0.2, -0.15) is 4.98 Å². The van der Waals surface area contributed by atoms with Gasteiger partial charge in [-0.05, 0) is 30.2 Å². The van der Waals surface area contributed by atoms with Crippen LogP contribution in [-0.4, -0.2) is 23.6 Å². The summed E-state index contributed by atoms with van der Waals surface area (Å²) in [7, 11) is 1.93. The lowest BCUT2D eigenvalue weighted by Gasteiger charge is -2.18. The van der Waals surface area contributed by atoms with Crippen molar-refractivity contribution >= 4 is 11.8 Å². The van der Waals surface area contributed by atoms with Crippen LogP contribution >= 0.6 is 0 Å². The number of rotatable bonds is 6. The molecular weight excluding hydrogens is 255 g/mol. The molecule has 0 aliphatic heterocycles. The Kier molecular flexibility index (Phi) is 4.87. The van der Waals surface area contributed by atoms with Gasteiger partial charge in [-0.25, -0.2) is 9.37 Å². The Hall–Kier alpha value is -2.17. The van der Waals surface area contributed by atoms with Gasteiger partial charge < -0.3 is 10.2 Å². The molecule has 0 atom stereocenters. The van der Waals surface area contributed by atoms with Crippen LogP contribution < -0.4 is 10.2 Å². The number of aromatic nitrogens is 2. The highest BCUT2D eigenvalue weighted by molar-refractivity contribution is 5.42. The lowest BCUT2D eigenvalue weighted by atomic mass is 10.2. The fraction of sp³-hybridized carbons (Fsp3) is 0.333. The Morgan fingerprint density at radius 2 is 2.15 bits per heavy atom. The van der Waals surface area contributed by atoms with E-state index in [4.69, 9.17) is 0 Å². The Morgan fingerprint density at radius 1 is 1.30 bits per heavy atom. The van der Waals surface area contributed by atoms with E-state index in [2.05, 4.69) is 22.2 Å². The Bertz CT molecular complexity index is 559. The molecule has 0 aliphatic carbocycles. The molecule has 0 radical (unpaired) electrons. The molecule has 4 nitrogen and oxygen atoms in total. The minimum absolute atomic E-state index is 0.219. The van der Waals surface area contributed by atoms with Gasteiger partial charge in [-0.3, -0.25) is 0 Å². The van der Waals surface area contributed by atoms with E-state index in [9.17, 15) is 4.39 Å². The molecule has 0 saturated carbocycles. The fourth-order valence-electron chi connectivity index (χ4n) is 1.87. The highest BCUT2D eigenvalue weighted by Crippen LogP contribution is 2.14. The molecule has 0 saturated heterocycles. The van der Waals surface area contributed by atoms with Crippen molar-refractivity contribution in [1.82, 2.24) is 9.97 Å². The molecule has 0 fully saturated rings. The summed E-state index contributed by atoms with van der Waals surface area (Å²) in [5.41, 5.74) is 0.911. The van der Waals surface area contributed by atoms with Crippen LogP contribution in [0.2, 0.25) is 0 Å². The molecule has 2 aromatic rings. The second-order valence-electron chi connectivity index (χ2n) is 4.65. The smallest absolute Gasteiger partial charge is 0.224 e. The topological polar surface area (TPSA) is 41.1 Å². The van der Waals surface area contributed by atoms with Crippen LogP contribution in [0, 0.1) is 5.82 Å². The highest BCUT2D eigenvalue weighted by atomic mass is 19.1. The number of nitrogens with zero attached hydrogens (tertiary/aromatic N) is 3. The number of nitrogens with one attached hydrogen (secondary N) is 1. The fourth-order valence-corrected chi connectivity index (χ4v) is 1.87. The van der Waals surface area contributed by atoms with Gasteiger partial charge in [0.15, 0.2) is 0 Å². The standard InChI is InChI=1S/C15H19FN4/c1-3-8-17-15-18-9-7-14(19-15)20(2)11-12-5-4-6-13(16)10-12/h4-7,9-10H,3,8,11H2,1-2H3,(H,17,18,19). The van der Waals surface area contributed by atoms with E-state index in [1.165, 1.54) is 12.1 Å². The maximum absolute atomic E-state index is 13.2. The number of halogens is 1. The van der Waals surface area contributed by atoms with Gasteiger partial charge in [-0.15, -0.1) is 0 Å². The van der Waals surface area contributed by atoms with Gasteiger partial charge in [0, 0.05) is 26.3 Å². The zero-order valence-corrected chi connectivity index (χ0v) is 11.8. The summed E-state index contributed by atoms with van der Waals surface area (Å²) < 4.78 is 13.2. The average Bonchev–Trinajstić information content (AvgIpc) is 2.45. The minimum atomic E-state index is -0.219. The number of hydrogen-bond donors (Lipinski definition) is 1. The van der Waals surface area contributed by atoms with E-state index in [1.807, 2.05) is 24.1 Å². The molecule has 0 spiro atoms. The monoisotopic (exact) mass is 274 g/mol. The maximum atomic E-state index is 13.2. The third kappa shape index (κ3) is 3.91. The first-order valence-corrected chi connectivity index (χ1v) is 6.71. The van der Waals surface area contributed by atoms with Gasteiger partial charge in [0.2, 0.25) is 5.95 Å². The first kappa shape index (κ1) is 14.2. The van der Waals surface area contributed by atoms with E-state index in [-0.39, 0.29) is 5.82 Å². The number of hydrogen-bond acceptors (Lipinski definition) is 4. The molecule has 0 amide bonds. The summed E-state index contributed by atoms with van der Waals surface area (Å²) in [6.07, 6.45) is 2.75. The molecular formula is C15H19FN4. The second kappa shape index (κ2) is 6.84. The third-order valence-electron chi connectivity index (χ3n) is 2.87. The molecule has 0 aliphatic rings. The molecule has 1 aromatic carbocycles. The quantitative estimate of drug-likeness (QED) is 0.879. The van der Waals surface area contributed by atoms with Crippen molar-refractivity contribution in [2.45, 2.75) is 19.9 Å². The maximum Gasteiger partial charge on any atom is 0.224 e. The van der Waals surface area contributed by atoms with Crippen LogP contribution in [0.4, 0.5) is 16.2 Å². The van der Waals surface area contributed by atoms with Crippen LogP contribution in [0.3, 0.4) is 0 Å². The summed E-state index contributed by atoms with van der Waals surface area (Å²) in [5.74, 6) is 1.21. The van der Waals surface area contributed by atoms with Crippen molar-refractivity contribution in [1.29, 1.82) is 0 Å². The first-order valence-electron chi connectivity index (χ1n) is 6.71. The Balaban J connectivity index is 2.06. The van der Waals surface area contributed by atoms with Crippen molar-refractivity contribution < 1.29 is 4.39 Å². The normalized spacial score (nSPS) is 10.3. The van der Waals surface area contributed by atoms with Gasteiger partial charge in [0.05, 0.1) is 0 Å². The molecule has 0 bridgehead atoms. The Morgan fingerprint density at radius 3 is 2.90 bits per heavy atom. The zero-order valence-electron chi connectivity index (χ0n) is 11.8. The van der Waals surface area contributed by atoms with E-state index in [1.54, 1.807) is 12.3 Å². The Labute approximate surface area is 118 Å². The molecule has 20 heavy (non-hydrogen) atoms. The average molecular weight is 274 g/mol. The SMILES string of the molecule is CCCNc1nccc(N(C)Cc2cccc(F)c2)n1. The molecule has 5 heteroatoms. The molecule has 1 heterocycles. The predicted molar refractivity (Wildman–Crippen MR) is 79.3 cm³/mol. The van der Waals surface area contributed by atoms with E-state index in [0.29, 0.717) is 12.5 Å². The van der Waals surface area contributed by atoms with Crippen molar-refractivity contribution in [3.8, 4) is 0 Å². The van der Waals surface area contributed by atoms with Crippen LogP contribution in [0.5, 0.6) is 0 Å². The van der Waals surface area contributed by atoms with Gasteiger partial charge in [0.25, 0.3) is 0 Å². The third-order valence-corrected chi connectivity index (χ3v) is 2.87. The van der Waals surface area contributed by atoms with Crippen molar-refractivity contribution in [2.24, 2.45) is 0 Å². The van der Waals surface area contributed by atoms with E-state index < -0.39 is 0 Å². The van der Waals surface area contributed by atoms with Crippen LogP contribution in [-0.2, 0) is 6.54 Å². The van der Waals surface area contributed by atoms with E-state index in [0.717, 1.165) is 24.3 Å². The van der Waals surface area contributed by atoms with Crippen LogP contribution in [0.15, 0.2) is 36.5 Å². The van der Waals surface area contributed by atoms with Crippen molar-refractivity contribution in [3.63, 3.8) is 0 Å². The number of anilines is 2. The summed E-state index contributed by atoms with van der Waals surface area (Å²) in [6.45, 7) is 3.53. The van der Waals surface area contributed by atoms with Gasteiger partial charge in [-0.1, -0.05) is 19.1 Å². The van der Waals surface area contributed by atoms with Crippen LogP contribution in [0.25, 0.3) is 0 Å². The second-order valence-corrected chi connectivity index (χ2v) is 4.65. The lowest BCUT2D eigenvalue weighted by Crippen LogP contribution is -2.18.